The van der Waals surface area contributed by atoms with Crippen LogP contribution in [0.15, 0.2) is 65.9 Å². The van der Waals surface area contributed by atoms with Gasteiger partial charge in [0.15, 0.2) is 0 Å². The van der Waals surface area contributed by atoms with Crippen LogP contribution in [-0.4, -0.2) is 96.1 Å². The predicted octanol–water partition coefficient (Wildman–Crippen LogP) is 3.05. The molecule has 0 aromatic carbocycles. The van der Waals surface area contributed by atoms with Gasteiger partial charge in [0.05, 0.1) is 38.1 Å². The van der Waals surface area contributed by atoms with Crippen molar-refractivity contribution in [2.75, 3.05) is 57.4 Å². The molecule has 0 bridgehead atoms. The van der Waals surface area contributed by atoms with Gasteiger partial charge in [0.2, 0.25) is 0 Å². The van der Waals surface area contributed by atoms with Crippen molar-refractivity contribution in [1.29, 1.82) is 5.26 Å². The molecule has 43 heavy (non-hydrogen) atoms. The number of nitriles is 1. The Morgan fingerprint density at radius 2 is 2.00 bits per heavy atom. The number of hydrogen-bond donors (Lipinski definition) is 1. The number of nitrogens with one attached hydrogen (secondary N) is 1. The van der Waals surface area contributed by atoms with E-state index in [0.717, 1.165) is 87.9 Å². The Hall–Kier alpha value is -4.27. The van der Waals surface area contributed by atoms with Crippen molar-refractivity contribution >= 4 is 23.5 Å². The summed E-state index contributed by atoms with van der Waals surface area (Å²) in [6, 6.07) is 11.6. The quantitative estimate of drug-likeness (QED) is 0.445. The number of amides is 1. The second-order valence-electron chi connectivity index (χ2n) is 11.7. The Morgan fingerprint density at radius 3 is 2.72 bits per heavy atom. The molecule has 224 valence electrons. The van der Waals surface area contributed by atoms with E-state index in [2.05, 4.69) is 44.3 Å². The summed E-state index contributed by atoms with van der Waals surface area (Å²) >= 11 is 0. The molecule has 0 radical (unpaired) electrons. The van der Waals surface area contributed by atoms with Crippen LogP contribution in [-0.2, 0) is 9.47 Å². The van der Waals surface area contributed by atoms with Gasteiger partial charge in [-0.15, -0.1) is 0 Å². The van der Waals surface area contributed by atoms with Crippen molar-refractivity contribution in [2.45, 2.75) is 37.8 Å². The lowest BCUT2D eigenvalue weighted by molar-refractivity contribution is 0.0345. The average molecular weight is 583 g/mol. The van der Waals surface area contributed by atoms with Crippen LogP contribution < -0.4 is 10.2 Å². The maximum absolute atomic E-state index is 12.7. The summed E-state index contributed by atoms with van der Waals surface area (Å²) in [6.45, 7) is 8.75. The number of carbonyl (C=O) groups is 1. The Morgan fingerprint density at radius 1 is 1.16 bits per heavy atom. The average Bonchev–Trinajstić information content (AvgIpc) is 3.47. The van der Waals surface area contributed by atoms with E-state index >= 15 is 0 Å². The second-order valence-corrected chi connectivity index (χ2v) is 11.7. The molecule has 4 aliphatic rings. The van der Waals surface area contributed by atoms with Gasteiger partial charge in [-0.3, -0.25) is 19.7 Å². The van der Waals surface area contributed by atoms with Crippen molar-refractivity contribution in [2.24, 2.45) is 11.0 Å². The van der Waals surface area contributed by atoms with Crippen LogP contribution in [0.25, 0.3) is 5.57 Å². The molecule has 4 aliphatic heterocycles. The summed E-state index contributed by atoms with van der Waals surface area (Å²) in [7, 11) is 0. The van der Waals surface area contributed by atoms with Gasteiger partial charge < -0.3 is 19.7 Å². The van der Waals surface area contributed by atoms with Gasteiger partial charge in [-0.25, -0.2) is 4.98 Å². The topological polar surface area (TPSA) is 119 Å². The minimum atomic E-state index is -0.355. The number of anilines is 1. The number of allylic oxidation sites excluding steroid dienone is 1. The summed E-state index contributed by atoms with van der Waals surface area (Å²) in [6.07, 6.45) is 11.7. The summed E-state index contributed by atoms with van der Waals surface area (Å²) in [5.74, 6) is 1.13. The van der Waals surface area contributed by atoms with Crippen LogP contribution in [0.4, 0.5) is 5.82 Å². The fourth-order valence-electron chi connectivity index (χ4n) is 6.00. The van der Waals surface area contributed by atoms with Gasteiger partial charge in [0, 0.05) is 56.9 Å². The number of hydrazone groups is 1. The minimum Gasteiger partial charge on any atom is -0.492 e. The Balaban J connectivity index is 1.08. The third-order valence-corrected chi connectivity index (χ3v) is 8.59. The second kappa shape index (κ2) is 12.9. The predicted molar refractivity (Wildman–Crippen MR) is 163 cm³/mol. The number of nitrogens with zero attached hydrogens (tertiary/aromatic N) is 7. The molecule has 0 saturated carbocycles. The fraction of sp³-hybridized carbons (Fsp3) is 0.469. The molecule has 1 N–H and O–H groups in total. The molecular formula is C32H38N8O3. The number of piperidine rings is 1. The summed E-state index contributed by atoms with van der Waals surface area (Å²) < 4.78 is 11.6. The molecule has 0 spiro atoms. The standard InChI is InChI=1S/C32H38N8O3/c1-32(37-31(41)28-5-2-3-10-34-28)8-12-39(13-9-32)29-7-6-24(21-35-29)27-19-26(23-40-30(27)25(20-33)22-36-40)43-16-4-11-38-14-17-42-18-15-38/h2-3,5-7,10,19,21-23,25,30H,4,8-9,11-18H2,1H3,(H,37,41). The van der Waals surface area contributed by atoms with E-state index in [9.17, 15) is 10.1 Å². The third kappa shape index (κ3) is 6.71. The zero-order valence-electron chi connectivity index (χ0n) is 24.6. The first-order valence-electron chi connectivity index (χ1n) is 15.0. The highest BCUT2D eigenvalue weighted by atomic mass is 16.5. The SMILES string of the molecule is CC1(NC(=O)c2ccccn2)CCN(c2ccc(C3=CC(OCCCN4CCOCC4)=CN4N=CC(C#N)C34)cn2)CC1. The Labute approximate surface area is 252 Å². The maximum Gasteiger partial charge on any atom is 0.270 e. The number of aromatic nitrogens is 2. The number of hydrogen-bond acceptors (Lipinski definition) is 10. The first kappa shape index (κ1) is 28.8. The summed E-state index contributed by atoms with van der Waals surface area (Å²) in [5.41, 5.74) is 2.04. The highest BCUT2D eigenvalue weighted by molar-refractivity contribution is 5.92. The molecule has 11 nitrogen and oxygen atoms in total. The van der Waals surface area contributed by atoms with E-state index in [1.54, 1.807) is 24.5 Å². The molecule has 2 aromatic rings. The van der Waals surface area contributed by atoms with Crippen LogP contribution in [0.3, 0.4) is 0 Å². The van der Waals surface area contributed by atoms with E-state index in [1.807, 2.05) is 35.6 Å². The van der Waals surface area contributed by atoms with Gasteiger partial charge in [-0.1, -0.05) is 6.07 Å². The lowest BCUT2D eigenvalue weighted by atomic mass is 9.88. The number of rotatable bonds is 9. The normalized spacial score (nSPS) is 23.2. The zero-order valence-corrected chi connectivity index (χ0v) is 24.6. The molecule has 6 rings (SSSR count). The lowest BCUT2D eigenvalue weighted by Gasteiger charge is -2.40. The van der Waals surface area contributed by atoms with E-state index in [0.29, 0.717) is 12.3 Å². The van der Waals surface area contributed by atoms with Crippen molar-refractivity contribution in [3.8, 4) is 6.07 Å². The van der Waals surface area contributed by atoms with E-state index in [1.165, 1.54) is 0 Å². The van der Waals surface area contributed by atoms with Gasteiger partial charge in [0.25, 0.3) is 5.91 Å². The molecule has 0 aliphatic carbocycles. The molecule has 11 heteroatoms. The van der Waals surface area contributed by atoms with Crippen LogP contribution in [0, 0.1) is 17.2 Å². The number of carbonyl (C=O) groups excluding carboxylic acids is 1. The molecular weight excluding hydrogens is 544 g/mol. The van der Waals surface area contributed by atoms with Crippen LogP contribution in [0.1, 0.15) is 42.2 Å². The van der Waals surface area contributed by atoms with E-state index in [4.69, 9.17) is 14.5 Å². The third-order valence-electron chi connectivity index (χ3n) is 8.59. The van der Waals surface area contributed by atoms with Gasteiger partial charge in [-0.05, 0) is 67.7 Å². The molecule has 1 amide bonds. The highest BCUT2D eigenvalue weighted by Crippen LogP contribution is 2.36. The molecule has 2 atom stereocenters. The summed E-state index contributed by atoms with van der Waals surface area (Å²) in [5, 5.41) is 19.3. The van der Waals surface area contributed by atoms with Gasteiger partial charge in [-0.2, -0.15) is 10.4 Å². The number of morpholine rings is 1. The number of pyridine rings is 2. The maximum atomic E-state index is 12.7. The first-order valence-corrected chi connectivity index (χ1v) is 15.0. The zero-order chi connectivity index (χ0) is 29.6. The van der Waals surface area contributed by atoms with Crippen molar-refractivity contribution in [3.63, 3.8) is 0 Å². The molecule has 2 saturated heterocycles. The Bertz CT molecular complexity index is 1400. The van der Waals surface area contributed by atoms with E-state index < -0.39 is 0 Å². The highest BCUT2D eigenvalue weighted by Gasteiger charge is 2.37. The van der Waals surface area contributed by atoms with Crippen molar-refractivity contribution in [1.82, 2.24) is 25.2 Å². The molecule has 6 heterocycles. The van der Waals surface area contributed by atoms with Crippen LogP contribution in [0.5, 0.6) is 0 Å². The summed E-state index contributed by atoms with van der Waals surface area (Å²) in [4.78, 5) is 26.3. The van der Waals surface area contributed by atoms with Crippen molar-refractivity contribution in [3.05, 3.63) is 72.0 Å². The lowest BCUT2D eigenvalue weighted by Crippen LogP contribution is -2.53. The van der Waals surface area contributed by atoms with E-state index in [-0.39, 0.29) is 23.4 Å². The monoisotopic (exact) mass is 582 g/mol. The molecule has 2 unspecified atom stereocenters. The molecule has 2 fully saturated rings. The Kier molecular flexibility index (Phi) is 8.67. The fourth-order valence-corrected chi connectivity index (χ4v) is 6.00. The molecule has 2 aromatic heterocycles. The van der Waals surface area contributed by atoms with Crippen LogP contribution >= 0.6 is 0 Å². The van der Waals surface area contributed by atoms with Gasteiger partial charge in [0.1, 0.15) is 23.2 Å². The number of fused-ring (bicyclic) bond motifs is 1. The minimum absolute atomic E-state index is 0.144. The smallest absolute Gasteiger partial charge is 0.270 e. The van der Waals surface area contributed by atoms with Crippen molar-refractivity contribution < 1.29 is 14.3 Å². The number of ether oxygens (including phenoxy) is 2. The first-order chi connectivity index (χ1) is 21.0. The van der Waals surface area contributed by atoms with Crippen LogP contribution in [0.2, 0.25) is 0 Å². The van der Waals surface area contributed by atoms with Gasteiger partial charge >= 0.3 is 0 Å². The largest absolute Gasteiger partial charge is 0.492 e.